The second-order valence-corrected chi connectivity index (χ2v) is 8.43. The predicted octanol–water partition coefficient (Wildman–Crippen LogP) is 6.17. The first-order valence-corrected chi connectivity index (χ1v) is 9.81. The molecule has 0 N–H and O–H groups in total. The summed E-state index contributed by atoms with van der Waals surface area (Å²) in [6.07, 6.45) is 1.82. The van der Waals surface area contributed by atoms with Crippen molar-refractivity contribution < 1.29 is 19.6 Å². The third kappa shape index (κ3) is 8.17. The van der Waals surface area contributed by atoms with Crippen molar-refractivity contribution in [1.29, 1.82) is 0 Å². The third-order valence-corrected chi connectivity index (χ3v) is 4.98. The van der Waals surface area contributed by atoms with Crippen LogP contribution in [0.2, 0.25) is 0 Å². The monoisotopic (exact) mass is 366 g/mol. The van der Waals surface area contributed by atoms with Crippen LogP contribution in [0, 0.1) is 0 Å². The molecule has 4 nitrogen and oxygen atoms in total. The van der Waals surface area contributed by atoms with Gasteiger partial charge in [0, 0.05) is 11.8 Å². The summed E-state index contributed by atoms with van der Waals surface area (Å²) in [4.78, 5) is 21.9. The number of hydrogen-bond acceptors (Lipinski definition) is 4. The van der Waals surface area contributed by atoms with Crippen molar-refractivity contribution in [3.05, 3.63) is 35.4 Å². The minimum Gasteiger partial charge on any atom is -0.236 e. The van der Waals surface area contributed by atoms with Crippen molar-refractivity contribution in [1.82, 2.24) is 0 Å². The standard InChI is InChI=1S/C22H38O4/c1-9-21(5,6)25-23-15-17(3)19-11-13-20(14-12-19)18(4)16-24-26-22(7,8)10-2/h11-14,17-18H,9-10,15-16H2,1-8H3. The summed E-state index contributed by atoms with van der Waals surface area (Å²) in [7, 11) is 0. The Morgan fingerprint density at radius 1 is 0.692 bits per heavy atom. The van der Waals surface area contributed by atoms with Crippen molar-refractivity contribution in [2.45, 2.75) is 91.3 Å². The average molecular weight is 367 g/mol. The maximum Gasteiger partial charge on any atom is 0.0977 e. The molecule has 150 valence electrons. The zero-order valence-corrected chi connectivity index (χ0v) is 17.9. The van der Waals surface area contributed by atoms with Crippen LogP contribution in [0.15, 0.2) is 24.3 Å². The second-order valence-electron chi connectivity index (χ2n) is 8.43. The van der Waals surface area contributed by atoms with Crippen LogP contribution in [-0.2, 0) is 19.6 Å². The zero-order chi connectivity index (χ0) is 19.8. The zero-order valence-electron chi connectivity index (χ0n) is 17.9. The molecular weight excluding hydrogens is 328 g/mol. The summed E-state index contributed by atoms with van der Waals surface area (Å²) in [5.41, 5.74) is 1.99. The van der Waals surface area contributed by atoms with Gasteiger partial charge in [-0.3, -0.25) is 0 Å². The molecule has 0 saturated heterocycles. The summed E-state index contributed by atoms with van der Waals surface area (Å²) in [6.45, 7) is 17.7. The van der Waals surface area contributed by atoms with Crippen LogP contribution >= 0.6 is 0 Å². The van der Waals surface area contributed by atoms with Gasteiger partial charge >= 0.3 is 0 Å². The normalized spacial score (nSPS) is 15.1. The predicted molar refractivity (Wildman–Crippen MR) is 106 cm³/mol. The van der Waals surface area contributed by atoms with Gasteiger partial charge in [-0.15, -0.1) is 0 Å². The van der Waals surface area contributed by atoms with Gasteiger partial charge in [0.25, 0.3) is 0 Å². The molecule has 0 radical (unpaired) electrons. The van der Waals surface area contributed by atoms with E-state index >= 15 is 0 Å². The van der Waals surface area contributed by atoms with Crippen LogP contribution in [0.25, 0.3) is 0 Å². The molecule has 0 saturated carbocycles. The van der Waals surface area contributed by atoms with Gasteiger partial charge in [-0.1, -0.05) is 52.0 Å². The van der Waals surface area contributed by atoms with E-state index in [1.165, 1.54) is 11.1 Å². The van der Waals surface area contributed by atoms with Crippen molar-refractivity contribution in [3.8, 4) is 0 Å². The molecule has 0 aliphatic rings. The Labute approximate surface area is 160 Å². The highest BCUT2D eigenvalue weighted by Gasteiger charge is 2.19. The average Bonchev–Trinajstić information content (AvgIpc) is 2.61. The Hall–Kier alpha value is -0.940. The molecule has 0 bridgehead atoms. The van der Waals surface area contributed by atoms with Crippen molar-refractivity contribution in [3.63, 3.8) is 0 Å². The fourth-order valence-electron chi connectivity index (χ4n) is 2.05. The minimum atomic E-state index is -0.243. The lowest BCUT2D eigenvalue weighted by molar-refractivity contribution is -0.355. The summed E-state index contributed by atoms with van der Waals surface area (Å²) >= 11 is 0. The molecule has 0 heterocycles. The summed E-state index contributed by atoms with van der Waals surface area (Å²) in [5, 5.41) is 0. The van der Waals surface area contributed by atoms with E-state index in [0.717, 1.165) is 12.8 Å². The minimum absolute atomic E-state index is 0.243. The van der Waals surface area contributed by atoms with Crippen LogP contribution in [0.3, 0.4) is 0 Å². The molecule has 0 aliphatic carbocycles. The summed E-state index contributed by atoms with van der Waals surface area (Å²) < 4.78 is 0. The lowest BCUT2D eigenvalue weighted by atomic mass is 9.96. The fraction of sp³-hybridized carbons (Fsp3) is 0.727. The number of hydrogen-bond donors (Lipinski definition) is 0. The maximum absolute atomic E-state index is 5.48. The van der Waals surface area contributed by atoms with Crippen LogP contribution in [0.1, 0.15) is 91.2 Å². The molecule has 26 heavy (non-hydrogen) atoms. The molecule has 4 heteroatoms. The van der Waals surface area contributed by atoms with E-state index in [1.54, 1.807) is 0 Å². The van der Waals surface area contributed by atoms with Crippen LogP contribution < -0.4 is 0 Å². The van der Waals surface area contributed by atoms with E-state index in [9.17, 15) is 0 Å². The van der Waals surface area contributed by atoms with Gasteiger partial charge in [0.2, 0.25) is 0 Å². The Kier molecular flexibility index (Phi) is 9.25. The van der Waals surface area contributed by atoms with Gasteiger partial charge < -0.3 is 0 Å². The summed E-state index contributed by atoms with van der Waals surface area (Å²) in [6, 6.07) is 8.62. The molecule has 0 amide bonds. The molecule has 1 aromatic rings. The number of rotatable bonds is 12. The van der Waals surface area contributed by atoms with Gasteiger partial charge in [0.05, 0.1) is 24.4 Å². The molecule has 2 unspecified atom stereocenters. The maximum atomic E-state index is 5.48. The van der Waals surface area contributed by atoms with Gasteiger partial charge in [-0.25, -0.2) is 19.6 Å². The van der Waals surface area contributed by atoms with Crippen molar-refractivity contribution >= 4 is 0 Å². The summed E-state index contributed by atoms with van der Waals surface area (Å²) in [5.74, 6) is 0.550. The van der Waals surface area contributed by atoms with Crippen molar-refractivity contribution in [2.75, 3.05) is 13.2 Å². The van der Waals surface area contributed by atoms with Crippen LogP contribution in [0.5, 0.6) is 0 Å². The van der Waals surface area contributed by atoms with Crippen LogP contribution in [-0.4, -0.2) is 24.4 Å². The van der Waals surface area contributed by atoms with Gasteiger partial charge in [0.1, 0.15) is 0 Å². The van der Waals surface area contributed by atoms with E-state index < -0.39 is 0 Å². The molecule has 0 fully saturated rings. The fourth-order valence-corrected chi connectivity index (χ4v) is 2.05. The smallest absolute Gasteiger partial charge is 0.0977 e. The van der Waals surface area contributed by atoms with Gasteiger partial charge in [-0.2, -0.15) is 0 Å². The number of benzene rings is 1. The highest BCUT2D eigenvalue weighted by Crippen LogP contribution is 2.23. The first kappa shape index (κ1) is 23.1. The van der Waals surface area contributed by atoms with E-state index in [-0.39, 0.29) is 23.0 Å². The molecule has 1 aromatic carbocycles. The van der Waals surface area contributed by atoms with E-state index in [1.807, 2.05) is 27.7 Å². The SMILES string of the molecule is CCC(C)(C)OOCC(C)c1ccc(C(C)COOC(C)(C)CC)cc1. The first-order chi connectivity index (χ1) is 12.1. The molecule has 2 atom stereocenters. The molecule has 0 spiro atoms. The third-order valence-electron chi connectivity index (χ3n) is 4.98. The van der Waals surface area contributed by atoms with Gasteiger partial charge in [-0.05, 0) is 51.7 Å². The molecule has 0 aliphatic heterocycles. The topological polar surface area (TPSA) is 36.9 Å². The lowest BCUT2D eigenvalue weighted by Gasteiger charge is -2.23. The Morgan fingerprint density at radius 2 is 1.00 bits per heavy atom. The first-order valence-electron chi connectivity index (χ1n) is 9.81. The lowest BCUT2D eigenvalue weighted by Crippen LogP contribution is -2.24. The van der Waals surface area contributed by atoms with Crippen LogP contribution in [0.4, 0.5) is 0 Å². The van der Waals surface area contributed by atoms with E-state index in [4.69, 9.17) is 19.6 Å². The van der Waals surface area contributed by atoms with Gasteiger partial charge in [0.15, 0.2) is 0 Å². The molecule has 0 aromatic heterocycles. The largest absolute Gasteiger partial charge is 0.236 e. The molecular formula is C22H38O4. The highest BCUT2D eigenvalue weighted by molar-refractivity contribution is 5.27. The van der Waals surface area contributed by atoms with E-state index in [2.05, 4.69) is 52.0 Å². The van der Waals surface area contributed by atoms with E-state index in [0.29, 0.717) is 13.2 Å². The Balaban J connectivity index is 2.46. The quantitative estimate of drug-likeness (QED) is 0.327. The highest BCUT2D eigenvalue weighted by atomic mass is 17.2. The molecule has 1 rings (SSSR count). The second kappa shape index (κ2) is 10.4. The Bertz CT molecular complexity index is 460. The van der Waals surface area contributed by atoms with Crippen molar-refractivity contribution in [2.24, 2.45) is 0 Å². The Morgan fingerprint density at radius 3 is 1.27 bits per heavy atom.